The average Bonchev–Trinajstić information content (AvgIpc) is 4.16. The van der Waals surface area contributed by atoms with Crippen molar-refractivity contribution in [1.29, 1.82) is 0 Å². The van der Waals surface area contributed by atoms with Crippen LogP contribution in [0.4, 0.5) is 17.1 Å². The Hall–Kier alpha value is -9.38. The third kappa shape index (κ3) is 6.33. The van der Waals surface area contributed by atoms with E-state index in [-0.39, 0.29) is 5.41 Å². The Morgan fingerprint density at radius 1 is 0.315 bits per heavy atom. The molecule has 1 aliphatic carbocycles. The summed E-state index contributed by atoms with van der Waals surface area (Å²) < 4.78 is 11.0. The van der Waals surface area contributed by atoms with Gasteiger partial charge in [-0.05, 0) is 160 Å². The fourth-order valence-corrected chi connectivity index (χ4v) is 12.2. The molecule has 0 atom stereocenters. The maximum Gasteiger partial charge on any atom is 0.135 e. The summed E-state index contributed by atoms with van der Waals surface area (Å²) in [4.78, 5) is 2.41. The normalized spacial score (nSPS) is 12.9. The Kier molecular flexibility index (Phi) is 8.97. The largest absolute Gasteiger partial charge is 0.456 e. The van der Waals surface area contributed by atoms with Crippen molar-refractivity contribution in [3.8, 4) is 44.8 Å². The van der Waals surface area contributed by atoms with Gasteiger partial charge in [-0.2, -0.15) is 0 Å². The van der Waals surface area contributed by atoms with Gasteiger partial charge in [-0.15, -0.1) is 0 Å². The highest BCUT2D eigenvalue weighted by Gasteiger charge is 2.36. The number of hydrogen-bond acceptors (Lipinski definition) is 2. The molecule has 0 amide bonds. The predicted octanol–water partition coefficient (Wildman–Crippen LogP) is 18.9. The zero-order valence-corrected chi connectivity index (χ0v) is 40.4. The van der Waals surface area contributed by atoms with E-state index in [9.17, 15) is 0 Å². The second kappa shape index (κ2) is 15.8. The summed E-state index contributed by atoms with van der Waals surface area (Å²) in [7, 11) is 0. The number of benzene rings is 11. The summed E-state index contributed by atoms with van der Waals surface area (Å²) in [6.45, 7) is 4.78. The Bertz CT molecular complexity index is 4460. The van der Waals surface area contributed by atoms with Gasteiger partial charge in [0.25, 0.3) is 0 Å². The third-order valence-electron chi connectivity index (χ3n) is 15.7. The first-order chi connectivity index (χ1) is 35.9. The lowest BCUT2D eigenvalue weighted by atomic mass is 9.81. The molecule has 0 aliphatic heterocycles. The van der Waals surface area contributed by atoms with Gasteiger partial charge in [0.15, 0.2) is 0 Å². The van der Waals surface area contributed by atoms with Crippen molar-refractivity contribution in [2.24, 2.45) is 0 Å². The van der Waals surface area contributed by atoms with Crippen LogP contribution in [0.1, 0.15) is 25.0 Å². The molecule has 0 fully saturated rings. The number of anilines is 3. The van der Waals surface area contributed by atoms with Crippen LogP contribution < -0.4 is 4.90 Å². The van der Waals surface area contributed by atoms with Crippen LogP contribution in [-0.4, -0.2) is 9.13 Å². The lowest BCUT2D eigenvalue weighted by Gasteiger charge is -2.28. The van der Waals surface area contributed by atoms with Crippen LogP contribution in [0.5, 0.6) is 0 Å². The molecule has 0 saturated heterocycles. The minimum atomic E-state index is -0.254. The summed E-state index contributed by atoms with van der Waals surface area (Å²) in [5.74, 6) is 0. The molecule has 3 aromatic heterocycles. The van der Waals surface area contributed by atoms with Gasteiger partial charge in [-0.25, -0.2) is 0 Å². The molecule has 0 radical (unpaired) electrons. The van der Waals surface area contributed by atoms with E-state index in [0.29, 0.717) is 0 Å². The van der Waals surface area contributed by atoms with Gasteiger partial charge in [-0.1, -0.05) is 147 Å². The topological polar surface area (TPSA) is 26.2 Å². The Balaban J connectivity index is 0.825. The molecule has 1 aliphatic rings. The molecule has 73 heavy (non-hydrogen) atoms. The van der Waals surface area contributed by atoms with E-state index >= 15 is 0 Å². The fourth-order valence-electron chi connectivity index (χ4n) is 12.2. The molecule has 11 aromatic carbocycles. The van der Waals surface area contributed by atoms with Crippen LogP contribution in [0.3, 0.4) is 0 Å². The van der Waals surface area contributed by atoms with E-state index in [0.717, 1.165) is 55.8 Å². The average molecular weight is 934 g/mol. The number of hydrogen-bond donors (Lipinski definition) is 0. The van der Waals surface area contributed by atoms with E-state index in [1.165, 1.54) is 82.7 Å². The highest BCUT2D eigenvalue weighted by atomic mass is 16.3. The first-order valence-electron chi connectivity index (χ1n) is 25.2. The molecule has 15 rings (SSSR count). The van der Waals surface area contributed by atoms with Crippen LogP contribution >= 0.6 is 0 Å². The van der Waals surface area contributed by atoms with E-state index in [4.69, 9.17) is 4.42 Å². The minimum absolute atomic E-state index is 0.254. The van der Waals surface area contributed by atoms with Gasteiger partial charge in [0, 0.05) is 66.2 Å². The molecule has 3 heterocycles. The van der Waals surface area contributed by atoms with E-state index in [2.05, 4.69) is 264 Å². The summed E-state index contributed by atoms with van der Waals surface area (Å²) in [5.41, 5.74) is 22.0. The van der Waals surface area contributed by atoms with Crippen LogP contribution in [0.25, 0.3) is 110 Å². The predicted molar refractivity (Wildman–Crippen MR) is 306 cm³/mol. The summed E-state index contributed by atoms with van der Waals surface area (Å²) in [5, 5.41) is 7.29. The SMILES string of the molecule is CC1(C)c2cc(-c3ccc4c(c3)c3ccccc3n4-c3ccccc3)ccc2-c2ccc(N(c3ccc(-c4ccc5oc6ccccc6c5c4)cc3)c3ccc(-n4c5ccccc5c5ccccc54)cc3)cc21. The van der Waals surface area contributed by atoms with E-state index < -0.39 is 0 Å². The molecule has 344 valence electrons. The van der Waals surface area contributed by atoms with Crippen LogP contribution in [0.15, 0.2) is 253 Å². The van der Waals surface area contributed by atoms with Gasteiger partial charge >= 0.3 is 0 Å². The van der Waals surface area contributed by atoms with Crippen molar-refractivity contribution in [2.75, 3.05) is 4.90 Å². The number of rotatable bonds is 7. The Morgan fingerprint density at radius 3 is 1.44 bits per heavy atom. The van der Waals surface area contributed by atoms with Crippen molar-refractivity contribution in [3.63, 3.8) is 0 Å². The van der Waals surface area contributed by atoms with E-state index in [1.807, 2.05) is 12.1 Å². The highest BCUT2D eigenvalue weighted by Crippen LogP contribution is 2.52. The number of para-hydroxylation sites is 5. The van der Waals surface area contributed by atoms with Gasteiger partial charge < -0.3 is 18.5 Å². The zero-order chi connectivity index (χ0) is 48.4. The Labute approximate surface area is 422 Å². The molecule has 0 saturated carbocycles. The van der Waals surface area contributed by atoms with Crippen LogP contribution in [0.2, 0.25) is 0 Å². The van der Waals surface area contributed by atoms with Gasteiger partial charge in [0.2, 0.25) is 0 Å². The summed E-state index contributed by atoms with van der Waals surface area (Å²) >= 11 is 0. The lowest BCUT2D eigenvalue weighted by molar-refractivity contribution is 0.660. The first-order valence-corrected chi connectivity index (χ1v) is 25.2. The summed E-state index contributed by atoms with van der Waals surface area (Å²) in [6.07, 6.45) is 0. The molecule has 4 heteroatoms. The standard InChI is InChI=1S/C69H47N3O/c1-69(2)61-42-47(46-27-38-66-59(40-46)57-18-8-12-22-65(57)71(66)48-14-4-3-5-15-48)26-36-53(61)54-37-35-52(43-62(54)69)70(49-29-24-44(25-30-49)45-28-39-68-60(41-45)58-19-9-13-23-67(58)73-68)50-31-33-51(34-32-50)72-63-20-10-6-16-55(63)56-17-7-11-21-64(56)72/h3-43H,1-2H3. The van der Waals surface area contributed by atoms with Crippen molar-refractivity contribution in [2.45, 2.75) is 19.3 Å². The number of fused-ring (bicyclic) bond motifs is 12. The number of aromatic nitrogens is 2. The van der Waals surface area contributed by atoms with E-state index in [1.54, 1.807) is 0 Å². The van der Waals surface area contributed by atoms with Gasteiger partial charge in [-0.3, -0.25) is 0 Å². The summed E-state index contributed by atoms with van der Waals surface area (Å²) in [6, 6.07) is 91.0. The van der Waals surface area contributed by atoms with Crippen molar-refractivity contribution in [1.82, 2.24) is 9.13 Å². The first kappa shape index (κ1) is 41.4. The monoisotopic (exact) mass is 933 g/mol. The third-order valence-corrected chi connectivity index (χ3v) is 15.7. The van der Waals surface area contributed by atoms with Crippen molar-refractivity contribution >= 4 is 82.6 Å². The van der Waals surface area contributed by atoms with Crippen molar-refractivity contribution < 1.29 is 4.42 Å². The van der Waals surface area contributed by atoms with Gasteiger partial charge in [0.05, 0.1) is 22.1 Å². The number of nitrogens with zero attached hydrogens (tertiary/aromatic N) is 3. The highest BCUT2D eigenvalue weighted by molar-refractivity contribution is 6.11. The number of furan rings is 1. The molecule has 0 N–H and O–H groups in total. The molecule has 14 aromatic rings. The lowest BCUT2D eigenvalue weighted by Crippen LogP contribution is -2.16. The molecule has 0 spiro atoms. The maximum atomic E-state index is 6.19. The maximum absolute atomic E-state index is 6.19. The molecular formula is C69H47N3O. The molecule has 4 nitrogen and oxygen atoms in total. The van der Waals surface area contributed by atoms with Crippen molar-refractivity contribution in [3.05, 3.63) is 260 Å². The minimum Gasteiger partial charge on any atom is -0.456 e. The molecule has 0 bridgehead atoms. The van der Waals surface area contributed by atoms with Gasteiger partial charge in [0.1, 0.15) is 11.2 Å². The van der Waals surface area contributed by atoms with Crippen LogP contribution in [-0.2, 0) is 5.41 Å². The molecule has 0 unspecified atom stereocenters. The second-order valence-electron chi connectivity index (χ2n) is 20.1. The fraction of sp³-hybridized carbons (Fsp3) is 0.0435. The zero-order valence-electron chi connectivity index (χ0n) is 40.4. The smallest absolute Gasteiger partial charge is 0.135 e. The second-order valence-corrected chi connectivity index (χ2v) is 20.1. The quantitative estimate of drug-likeness (QED) is 0.159. The van der Waals surface area contributed by atoms with Crippen LogP contribution in [0, 0.1) is 0 Å². The Morgan fingerprint density at radius 2 is 0.753 bits per heavy atom. The molecular weight excluding hydrogens is 887 g/mol.